The second-order valence-corrected chi connectivity index (χ2v) is 25.7. The van der Waals surface area contributed by atoms with Crippen LogP contribution in [0, 0.1) is 11.6 Å². The van der Waals surface area contributed by atoms with E-state index in [0.717, 1.165) is 17.7 Å². The highest BCUT2D eigenvalue weighted by Crippen LogP contribution is 2.43. The van der Waals surface area contributed by atoms with Crippen molar-refractivity contribution in [2.24, 2.45) is 11.5 Å². The van der Waals surface area contributed by atoms with Crippen molar-refractivity contribution < 1.29 is 56.6 Å². The fourth-order valence-electron chi connectivity index (χ4n) is 8.18. The van der Waals surface area contributed by atoms with Crippen molar-refractivity contribution in [3.63, 3.8) is 0 Å². The molecule has 16 nitrogen and oxygen atoms in total. The molecule has 408 valence electrons. The Labute approximate surface area is 437 Å². The Balaban J connectivity index is 0.000000746. The van der Waals surface area contributed by atoms with E-state index in [1.54, 1.807) is 65.8 Å². The number of amides is 6. The molecule has 0 spiro atoms. The van der Waals surface area contributed by atoms with Gasteiger partial charge in [-0.25, -0.2) is 18.4 Å². The van der Waals surface area contributed by atoms with Gasteiger partial charge < -0.3 is 51.7 Å². The first kappa shape index (κ1) is 65.3. The van der Waals surface area contributed by atoms with E-state index in [0.29, 0.717) is 39.9 Å². The molecule has 4 aromatic carbocycles. The zero-order valence-corrected chi connectivity index (χ0v) is 44.3. The molecule has 0 saturated heterocycles. The van der Waals surface area contributed by atoms with Crippen molar-refractivity contribution in [2.45, 2.75) is 151 Å². The number of anilines is 2. The molecular formula is C55H80F2N6O10Si. The summed E-state index contributed by atoms with van der Waals surface area (Å²) in [7, 11) is -2.05. The molecule has 2 unspecified atom stereocenters. The number of carbonyl (C=O) groups is 6. The third-order valence-corrected chi connectivity index (χ3v) is 17.5. The Morgan fingerprint density at radius 3 is 1.19 bits per heavy atom. The number of carbonyl (C=O) groups excluding carboxylic acids is 6. The normalized spacial score (nSPS) is 12.2. The van der Waals surface area contributed by atoms with Crippen molar-refractivity contribution in [2.75, 3.05) is 23.7 Å². The molecule has 4 rings (SSSR count). The van der Waals surface area contributed by atoms with E-state index in [1.807, 2.05) is 24.3 Å². The molecule has 0 aliphatic rings. The van der Waals surface area contributed by atoms with Crippen molar-refractivity contribution in [3.8, 4) is 0 Å². The highest BCUT2D eigenvalue weighted by atomic mass is 28.4. The first-order chi connectivity index (χ1) is 33.5. The van der Waals surface area contributed by atoms with E-state index in [9.17, 15) is 42.7 Å². The van der Waals surface area contributed by atoms with Gasteiger partial charge in [0.1, 0.15) is 22.8 Å². The second-order valence-electron chi connectivity index (χ2n) is 20.2. The number of nitrogens with two attached hydrogens (primary N) is 2. The first-order valence-electron chi connectivity index (χ1n) is 23.6. The summed E-state index contributed by atoms with van der Waals surface area (Å²) < 4.78 is 45.6. The van der Waals surface area contributed by atoms with Gasteiger partial charge in [0, 0.05) is 24.5 Å². The van der Waals surface area contributed by atoms with Crippen LogP contribution < -0.4 is 32.7 Å². The average Bonchev–Trinajstić information content (AvgIpc) is 3.26. The van der Waals surface area contributed by atoms with E-state index in [4.69, 9.17) is 25.4 Å². The minimum Gasteiger partial charge on any atom is -0.444 e. The molecule has 19 heteroatoms. The summed E-state index contributed by atoms with van der Waals surface area (Å²) in [6.45, 7) is 24.0. The number of benzene rings is 4. The lowest BCUT2D eigenvalue weighted by Gasteiger charge is -2.42. The monoisotopic (exact) mass is 1050 g/mol. The minimum atomic E-state index is -2.05. The van der Waals surface area contributed by atoms with Crippen LogP contribution in [-0.2, 0) is 36.7 Å². The molecule has 9 N–H and O–H groups in total. The van der Waals surface area contributed by atoms with Gasteiger partial charge in [0.15, 0.2) is 0 Å². The zero-order valence-electron chi connectivity index (χ0n) is 43.3. The molecule has 4 aromatic rings. The van der Waals surface area contributed by atoms with Crippen LogP contribution in [0.2, 0.25) is 16.6 Å². The molecule has 0 aliphatic heterocycles. The molecule has 0 saturated carbocycles. The lowest BCUT2D eigenvalue weighted by Crippen LogP contribution is -2.47. The topological polar surface area (TPSA) is 250 Å². The van der Waals surface area contributed by atoms with Gasteiger partial charge in [-0.2, -0.15) is 0 Å². The van der Waals surface area contributed by atoms with Gasteiger partial charge in [-0.15, -0.1) is 0 Å². The maximum atomic E-state index is 14.3. The molecule has 2 atom stereocenters. The third kappa shape index (κ3) is 19.6. The fraction of sp³-hybridized carbons (Fsp3) is 0.455. The molecule has 74 heavy (non-hydrogen) atoms. The Morgan fingerprint density at radius 1 is 0.568 bits per heavy atom. The standard InChI is InChI=1S/C31H46FN3O5Si.C22H26FN3O5.2CH4/c1-19(2)41(20(3)4,21(5)6)39-18-22-10-12-23(13-11-22)26(17-34-30(38)40-31(7,8)9)29(37)35-24-14-15-25(28(33)36)27(32)16-24;1-22(2,3)31-21(30)25-11-17(14-6-4-13(12-27)5-7-14)20(29)26-15-8-9-16(19(24)28)18(23)10-15;;/h10-16,19-21,26H,17-18H2,1-9H3,(H2,33,36)(H,34,38)(H,35,37);4-10,17,27H,11-12H2,1-3H3,(H2,24,28)(H,25,30)(H,26,29);2*1H4. The maximum Gasteiger partial charge on any atom is 0.407 e. The number of rotatable bonds is 19. The van der Waals surface area contributed by atoms with Crippen LogP contribution in [-0.4, -0.2) is 73.5 Å². The van der Waals surface area contributed by atoms with E-state index in [1.165, 1.54) is 24.3 Å². The largest absolute Gasteiger partial charge is 0.444 e. The quantitative estimate of drug-likeness (QED) is 0.0438. The summed E-state index contributed by atoms with van der Waals surface area (Å²) in [5.41, 5.74) is 12.8. The Kier molecular flexibility index (Phi) is 25.3. The SMILES string of the molecule is C.C.CC(C)(C)OC(=O)NCC(C(=O)Nc1ccc(C(N)=O)c(F)c1)c1ccc(CO)cc1.CC(C)[Si](OCc1ccc(C(CNC(=O)OC(C)(C)C)C(=O)Nc2ccc(C(N)=O)c(F)c2)cc1)(C(C)C)C(C)C. The number of ether oxygens (including phenoxy) is 2. The van der Waals surface area contributed by atoms with Crippen LogP contribution >= 0.6 is 0 Å². The van der Waals surface area contributed by atoms with Gasteiger partial charge in [0.2, 0.25) is 20.1 Å². The summed E-state index contributed by atoms with van der Waals surface area (Å²) in [5.74, 6) is -6.15. The molecule has 0 bridgehead atoms. The Bertz CT molecular complexity index is 2490. The predicted molar refractivity (Wildman–Crippen MR) is 289 cm³/mol. The predicted octanol–water partition coefficient (Wildman–Crippen LogP) is 10.8. The summed E-state index contributed by atoms with van der Waals surface area (Å²) in [5, 5.41) is 19.7. The van der Waals surface area contributed by atoms with E-state index >= 15 is 0 Å². The van der Waals surface area contributed by atoms with Crippen LogP contribution in [0.15, 0.2) is 84.9 Å². The van der Waals surface area contributed by atoms with Crippen LogP contribution in [0.1, 0.15) is 153 Å². The van der Waals surface area contributed by atoms with Crippen LogP contribution in [0.25, 0.3) is 0 Å². The molecule has 0 aromatic heterocycles. The molecule has 0 radical (unpaired) electrons. The smallest absolute Gasteiger partial charge is 0.407 e. The number of primary amides is 2. The number of alkyl carbamates (subject to hydrolysis) is 2. The van der Waals surface area contributed by atoms with Gasteiger partial charge in [-0.1, -0.05) is 105 Å². The number of aliphatic hydroxyl groups excluding tert-OH is 1. The van der Waals surface area contributed by atoms with Crippen molar-refractivity contribution in [1.29, 1.82) is 0 Å². The summed E-state index contributed by atoms with van der Waals surface area (Å²) >= 11 is 0. The molecule has 6 amide bonds. The molecule has 0 aliphatic carbocycles. The molecular weight excluding hydrogens is 971 g/mol. The van der Waals surface area contributed by atoms with Crippen LogP contribution in [0.5, 0.6) is 0 Å². The lowest BCUT2D eigenvalue weighted by molar-refractivity contribution is -0.118. The van der Waals surface area contributed by atoms with Gasteiger partial charge in [0.05, 0.1) is 36.2 Å². The number of halogens is 2. The number of hydrogen-bond donors (Lipinski definition) is 7. The summed E-state index contributed by atoms with van der Waals surface area (Å²) in [6.07, 6.45) is -1.34. The number of aliphatic hydroxyl groups is 1. The highest BCUT2D eigenvalue weighted by molar-refractivity contribution is 6.77. The van der Waals surface area contributed by atoms with E-state index in [2.05, 4.69) is 62.8 Å². The minimum absolute atomic E-state index is 0. The summed E-state index contributed by atoms with van der Waals surface area (Å²) in [4.78, 5) is 73.2. The van der Waals surface area contributed by atoms with Crippen molar-refractivity contribution >= 4 is 55.5 Å². The van der Waals surface area contributed by atoms with Gasteiger partial charge in [-0.05, 0) is 117 Å². The van der Waals surface area contributed by atoms with Gasteiger partial charge >= 0.3 is 12.2 Å². The molecule has 0 heterocycles. The third-order valence-electron chi connectivity index (χ3n) is 11.5. The molecule has 0 fully saturated rings. The Hall–Kier alpha value is -6.70. The van der Waals surface area contributed by atoms with E-state index in [-0.39, 0.29) is 57.1 Å². The van der Waals surface area contributed by atoms with Gasteiger partial charge in [0.25, 0.3) is 11.8 Å². The number of hydrogen-bond acceptors (Lipinski definition) is 10. The second kappa shape index (κ2) is 28.7. The van der Waals surface area contributed by atoms with Crippen LogP contribution in [0.4, 0.5) is 29.7 Å². The van der Waals surface area contributed by atoms with E-state index < -0.39 is 78.8 Å². The number of nitrogens with one attached hydrogen (secondary N) is 4. The van der Waals surface area contributed by atoms with Crippen molar-refractivity contribution in [3.05, 3.63) is 130 Å². The fourth-order valence-corrected chi connectivity index (χ4v) is 13.6. The highest BCUT2D eigenvalue weighted by Gasteiger charge is 2.45. The Morgan fingerprint density at radius 2 is 0.905 bits per heavy atom. The van der Waals surface area contributed by atoms with Gasteiger partial charge in [-0.3, -0.25) is 19.2 Å². The van der Waals surface area contributed by atoms with Crippen molar-refractivity contribution in [1.82, 2.24) is 10.6 Å². The maximum absolute atomic E-state index is 14.3. The summed E-state index contributed by atoms with van der Waals surface area (Å²) in [6, 6.07) is 21.3. The van der Waals surface area contributed by atoms with Crippen LogP contribution in [0.3, 0.4) is 0 Å². The first-order valence-corrected chi connectivity index (χ1v) is 25.8. The lowest BCUT2D eigenvalue weighted by atomic mass is 9.96. The zero-order chi connectivity index (χ0) is 54.3. The average molecular weight is 1050 g/mol.